The number of nitrogens with zero attached hydrogens (tertiary/aromatic N) is 1. The molecule has 0 radical (unpaired) electrons. The summed E-state index contributed by atoms with van der Waals surface area (Å²) in [5, 5.41) is 5.44. The number of hydrogen-bond donors (Lipinski definition) is 2. The lowest BCUT2D eigenvalue weighted by Crippen LogP contribution is -2.30. The first kappa shape index (κ1) is 18.9. The number of rotatable bonds is 5. The topological polar surface area (TPSA) is 78.5 Å². The maximum atomic E-state index is 14.2. The first-order chi connectivity index (χ1) is 13.5. The highest BCUT2D eigenvalue weighted by Crippen LogP contribution is 2.33. The van der Waals surface area contributed by atoms with Crippen LogP contribution in [0.1, 0.15) is 51.4 Å². The summed E-state index contributed by atoms with van der Waals surface area (Å²) < 4.78 is 14.2. The molecule has 0 aromatic heterocycles. The zero-order valence-corrected chi connectivity index (χ0v) is 15.9. The Morgan fingerprint density at radius 1 is 0.964 bits per heavy atom. The Kier molecular flexibility index (Phi) is 5.33. The highest BCUT2D eigenvalue weighted by molar-refractivity contribution is 5.98. The minimum absolute atomic E-state index is 0.0298. The molecule has 7 heteroatoms. The summed E-state index contributed by atoms with van der Waals surface area (Å²) in [5.41, 5.74) is 0.498. The third-order valence-corrected chi connectivity index (χ3v) is 5.98. The Balaban J connectivity index is 1.38. The molecule has 3 amide bonds. The van der Waals surface area contributed by atoms with E-state index in [1.807, 2.05) is 0 Å². The van der Waals surface area contributed by atoms with Gasteiger partial charge in [-0.15, -0.1) is 0 Å². The van der Waals surface area contributed by atoms with Gasteiger partial charge in [0.2, 0.25) is 17.7 Å². The van der Waals surface area contributed by atoms with Gasteiger partial charge in [0, 0.05) is 30.6 Å². The molecule has 0 bridgehead atoms. The quantitative estimate of drug-likeness (QED) is 0.814. The van der Waals surface area contributed by atoms with E-state index in [0.717, 1.165) is 44.9 Å². The molecule has 1 aromatic carbocycles. The Labute approximate surface area is 163 Å². The average molecular weight is 387 g/mol. The van der Waals surface area contributed by atoms with E-state index in [-0.39, 0.29) is 35.7 Å². The molecule has 1 heterocycles. The molecule has 2 aliphatic carbocycles. The van der Waals surface area contributed by atoms with Crippen molar-refractivity contribution < 1.29 is 18.8 Å². The number of halogens is 1. The molecule has 2 saturated carbocycles. The summed E-state index contributed by atoms with van der Waals surface area (Å²) in [6.07, 6.45) is 7.10. The Bertz CT molecular complexity index is 787. The second-order valence-electron chi connectivity index (χ2n) is 8.19. The normalized spacial score (nSPS) is 23.0. The number of benzene rings is 1. The molecule has 0 spiro atoms. The van der Waals surface area contributed by atoms with Crippen molar-refractivity contribution in [2.24, 2.45) is 11.8 Å². The zero-order valence-electron chi connectivity index (χ0n) is 15.9. The standard InChI is InChI=1S/C21H26FN3O3/c22-17-9-6-15(11-18(17)24-20(27)13-4-2-1-3-5-13)23-21(28)14-10-19(26)25(12-14)16-7-8-16/h6,9,11,13-14,16H,1-5,7-8,10,12H2,(H,23,28)(H,24,27). The predicted molar refractivity (Wildman–Crippen MR) is 103 cm³/mol. The van der Waals surface area contributed by atoms with Crippen LogP contribution in [0.4, 0.5) is 15.8 Å². The molecule has 4 rings (SSSR count). The van der Waals surface area contributed by atoms with Gasteiger partial charge in [0.1, 0.15) is 5.82 Å². The second kappa shape index (κ2) is 7.89. The van der Waals surface area contributed by atoms with Crippen LogP contribution in [0.15, 0.2) is 18.2 Å². The summed E-state index contributed by atoms with van der Waals surface area (Å²) in [4.78, 5) is 38.8. The highest BCUT2D eigenvalue weighted by atomic mass is 19.1. The summed E-state index contributed by atoms with van der Waals surface area (Å²) in [7, 11) is 0. The summed E-state index contributed by atoms with van der Waals surface area (Å²) in [6, 6.07) is 4.46. The average Bonchev–Trinajstić information content (AvgIpc) is 3.46. The van der Waals surface area contributed by atoms with E-state index in [1.165, 1.54) is 18.2 Å². The largest absolute Gasteiger partial charge is 0.339 e. The number of anilines is 2. The summed E-state index contributed by atoms with van der Waals surface area (Å²) in [5.74, 6) is -1.38. The zero-order chi connectivity index (χ0) is 19.7. The lowest BCUT2D eigenvalue weighted by Gasteiger charge is -2.21. The van der Waals surface area contributed by atoms with Crippen molar-refractivity contribution in [2.75, 3.05) is 17.2 Å². The number of hydrogen-bond acceptors (Lipinski definition) is 3. The van der Waals surface area contributed by atoms with Crippen LogP contribution in [-0.2, 0) is 14.4 Å². The minimum Gasteiger partial charge on any atom is -0.339 e. The van der Waals surface area contributed by atoms with Gasteiger partial charge in [0.25, 0.3) is 0 Å². The van der Waals surface area contributed by atoms with Crippen LogP contribution in [0, 0.1) is 17.7 Å². The Morgan fingerprint density at radius 3 is 2.39 bits per heavy atom. The van der Waals surface area contributed by atoms with Crippen molar-refractivity contribution in [1.82, 2.24) is 4.90 Å². The van der Waals surface area contributed by atoms with E-state index in [2.05, 4.69) is 10.6 Å². The lowest BCUT2D eigenvalue weighted by atomic mass is 9.88. The SMILES string of the molecule is O=C(Nc1ccc(F)c(NC(=O)C2CCCCC2)c1)C1CC(=O)N(C2CC2)C1. The van der Waals surface area contributed by atoms with Gasteiger partial charge in [-0.3, -0.25) is 14.4 Å². The van der Waals surface area contributed by atoms with Gasteiger partial charge in [-0.25, -0.2) is 4.39 Å². The van der Waals surface area contributed by atoms with Gasteiger partial charge in [-0.05, 0) is 43.9 Å². The Morgan fingerprint density at radius 2 is 1.68 bits per heavy atom. The highest BCUT2D eigenvalue weighted by Gasteiger charge is 2.41. The van der Waals surface area contributed by atoms with Gasteiger partial charge in [-0.1, -0.05) is 19.3 Å². The van der Waals surface area contributed by atoms with Crippen LogP contribution in [-0.4, -0.2) is 35.2 Å². The fourth-order valence-electron chi connectivity index (χ4n) is 4.19. The van der Waals surface area contributed by atoms with E-state index in [9.17, 15) is 18.8 Å². The molecule has 1 aromatic rings. The van der Waals surface area contributed by atoms with E-state index >= 15 is 0 Å². The van der Waals surface area contributed by atoms with Gasteiger partial charge >= 0.3 is 0 Å². The van der Waals surface area contributed by atoms with E-state index in [0.29, 0.717) is 18.3 Å². The molecule has 1 unspecified atom stereocenters. The van der Waals surface area contributed by atoms with Crippen LogP contribution in [0.25, 0.3) is 0 Å². The van der Waals surface area contributed by atoms with Crippen molar-refractivity contribution in [1.29, 1.82) is 0 Å². The van der Waals surface area contributed by atoms with Gasteiger partial charge in [-0.2, -0.15) is 0 Å². The number of amides is 3. The van der Waals surface area contributed by atoms with Gasteiger partial charge in [0.05, 0.1) is 11.6 Å². The van der Waals surface area contributed by atoms with Crippen LogP contribution in [0.5, 0.6) is 0 Å². The summed E-state index contributed by atoms with van der Waals surface area (Å²) >= 11 is 0. The van der Waals surface area contributed by atoms with Crippen LogP contribution < -0.4 is 10.6 Å². The molecule has 6 nitrogen and oxygen atoms in total. The van der Waals surface area contributed by atoms with Crippen LogP contribution in [0.3, 0.4) is 0 Å². The van der Waals surface area contributed by atoms with E-state index in [1.54, 1.807) is 4.90 Å². The lowest BCUT2D eigenvalue weighted by molar-refractivity contribution is -0.128. The third kappa shape index (κ3) is 4.18. The maximum absolute atomic E-state index is 14.2. The maximum Gasteiger partial charge on any atom is 0.229 e. The molecule has 3 aliphatic rings. The molecule has 2 N–H and O–H groups in total. The fourth-order valence-corrected chi connectivity index (χ4v) is 4.19. The van der Waals surface area contributed by atoms with Crippen LogP contribution >= 0.6 is 0 Å². The Hall–Kier alpha value is -2.44. The third-order valence-electron chi connectivity index (χ3n) is 5.98. The number of carbonyl (C=O) groups is 3. The number of carbonyl (C=O) groups excluding carboxylic acids is 3. The second-order valence-corrected chi connectivity index (χ2v) is 8.19. The monoisotopic (exact) mass is 387 g/mol. The first-order valence-corrected chi connectivity index (χ1v) is 10.2. The van der Waals surface area contributed by atoms with Crippen LogP contribution in [0.2, 0.25) is 0 Å². The molecule has 3 fully saturated rings. The molecule has 1 atom stereocenters. The van der Waals surface area contributed by atoms with Gasteiger partial charge < -0.3 is 15.5 Å². The predicted octanol–water partition coefficient (Wildman–Crippen LogP) is 3.29. The van der Waals surface area contributed by atoms with Crippen molar-refractivity contribution in [3.63, 3.8) is 0 Å². The van der Waals surface area contributed by atoms with Crippen molar-refractivity contribution in [3.05, 3.63) is 24.0 Å². The molecule has 28 heavy (non-hydrogen) atoms. The smallest absolute Gasteiger partial charge is 0.229 e. The van der Waals surface area contributed by atoms with Crippen molar-refractivity contribution >= 4 is 29.1 Å². The molecule has 1 aliphatic heterocycles. The van der Waals surface area contributed by atoms with Gasteiger partial charge in [0.15, 0.2) is 0 Å². The van der Waals surface area contributed by atoms with Crippen molar-refractivity contribution in [3.8, 4) is 0 Å². The van der Waals surface area contributed by atoms with E-state index < -0.39 is 11.7 Å². The molecular formula is C21H26FN3O3. The molecule has 1 saturated heterocycles. The molecule has 150 valence electrons. The van der Waals surface area contributed by atoms with E-state index in [4.69, 9.17) is 0 Å². The number of likely N-dealkylation sites (tertiary alicyclic amines) is 1. The number of nitrogens with one attached hydrogen (secondary N) is 2. The summed E-state index contributed by atoms with van der Waals surface area (Å²) in [6.45, 7) is 0.446. The molecular weight excluding hydrogens is 361 g/mol. The first-order valence-electron chi connectivity index (χ1n) is 10.2. The van der Waals surface area contributed by atoms with Crippen molar-refractivity contribution in [2.45, 2.75) is 57.4 Å². The fraction of sp³-hybridized carbons (Fsp3) is 0.571. The minimum atomic E-state index is -0.530.